The summed E-state index contributed by atoms with van der Waals surface area (Å²) in [6.45, 7) is 2.41. The van der Waals surface area contributed by atoms with Crippen LogP contribution in [0, 0.1) is 5.92 Å². The molecule has 0 bridgehead atoms. The highest BCUT2D eigenvalue weighted by Crippen LogP contribution is 2.30. The van der Waals surface area contributed by atoms with Crippen molar-refractivity contribution in [2.24, 2.45) is 5.92 Å². The van der Waals surface area contributed by atoms with Gasteiger partial charge < -0.3 is 9.80 Å². The fourth-order valence-corrected chi connectivity index (χ4v) is 3.82. The van der Waals surface area contributed by atoms with Gasteiger partial charge in [0.15, 0.2) is 0 Å². The van der Waals surface area contributed by atoms with E-state index in [0.29, 0.717) is 18.5 Å². The van der Waals surface area contributed by atoms with Crippen LogP contribution in [-0.4, -0.2) is 65.6 Å². The first-order chi connectivity index (χ1) is 11.0. The van der Waals surface area contributed by atoms with Crippen molar-refractivity contribution in [3.8, 4) is 0 Å². The van der Waals surface area contributed by atoms with Gasteiger partial charge in [-0.15, -0.1) is 0 Å². The number of rotatable bonds is 4. The molecule has 0 aromatic carbocycles. The van der Waals surface area contributed by atoms with Crippen molar-refractivity contribution < 1.29 is 4.79 Å². The summed E-state index contributed by atoms with van der Waals surface area (Å²) in [5.74, 6) is 1.86. The smallest absolute Gasteiger partial charge is 0.237 e. The van der Waals surface area contributed by atoms with E-state index < -0.39 is 0 Å². The van der Waals surface area contributed by atoms with Crippen LogP contribution in [0.25, 0.3) is 0 Å². The van der Waals surface area contributed by atoms with Gasteiger partial charge in [-0.05, 0) is 47.5 Å². The molecule has 1 aromatic heterocycles. The number of amides is 1. The Labute approximate surface area is 146 Å². The Morgan fingerprint density at radius 1 is 1.26 bits per heavy atom. The summed E-state index contributed by atoms with van der Waals surface area (Å²) in [7, 11) is 3.97. The van der Waals surface area contributed by atoms with Gasteiger partial charge in [-0.1, -0.05) is 0 Å². The summed E-state index contributed by atoms with van der Waals surface area (Å²) in [5, 5.41) is 0. The van der Waals surface area contributed by atoms with E-state index in [0.717, 1.165) is 23.6 Å². The number of anilines is 1. The van der Waals surface area contributed by atoms with E-state index in [1.54, 1.807) is 12.4 Å². The second-order valence-electron chi connectivity index (χ2n) is 6.73. The van der Waals surface area contributed by atoms with Crippen LogP contribution in [0.4, 0.5) is 5.82 Å². The predicted molar refractivity (Wildman–Crippen MR) is 93.1 cm³/mol. The summed E-state index contributed by atoms with van der Waals surface area (Å²) >= 11 is 3.32. The number of nitrogens with zero attached hydrogens (tertiary/aromatic N) is 5. The van der Waals surface area contributed by atoms with Crippen LogP contribution in [0.5, 0.6) is 0 Å². The van der Waals surface area contributed by atoms with Crippen LogP contribution in [0.3, 0.4) is 0 Å². The van der Waals surface area contributed by atoms with Crippen molar-refractivity contribution in [3.05, 3.63) is 17.0 Å². The molecule has 1 aromatic rings. The maximum absolute atomic E-state index is 11.7. The Hall–Kier alpha value is -1.21. The number of halogens is 1. The minimum atomic E-state index is 0.251. The number of hydrogen-bond donors (Lipinski definition) is 0. The molecule has 2 heterocycles. The van der Waals surface area contributed by atoms with Crippen molar-refractivity contribution >= 4 is 27.7 Å². The van der Waals surface area contributed by atoms with E-state index in [1.165, 1.54) is 25.7 Å². The Kier molecular flexibility index (Phi) is 5.16. The van der Waals surface area contributed by atoms with Crippen LogP contribution in [-0.2, 0) is 4.79 Å². The molecule has 0 radical (unpaired) electrons. The lowest BCUT2D eigenvalue weighted by Crippen LogP contribution is -2.39. The number of hydrogen-bond acceptors (Lipinski definition) is 5. The van der Waals surface area contributed by atoms with E-state index in [1.807, 2.05) is 11.9 Å². The average molecular weight is 382 g/mol. The quantitative estimate of drug-likeness (QED) is 0.797. The molecule has 23 heavy (non-hydrogen) atoms. The molecule has 2 fully saturated rings. The molecular weight excluding hydrogens is 358 g/mol. The summed E-state index contributed by atoms with van der Waals surface area (Å²) in [5.41, 5.74) is 0. The highest BCUT2D eigenvalue weighted by molar-refractivity contribution is 9.10. The van der Waals surface area contributed by atoms with Gasteiger partial charge in [-0.3, -0.25) is 9.69 Å². The van der Waals surface area contributed by atoms with Gasteiger partial charge in [0.1, 0.15) is 10.4 Å². The normalized spacial score (nSPS) is 25.9. The molecule has 1 saturated carbocycles. The molecule has 1 aliphatic heterocycles. The van der Waals surface area contributed by atoms with Crippen LogP contribution < -0.4 is 4.90 Å². The molecule has 2 aliphatic rings. The topological polar surface area (TPSA) is 52.6 Å². The van der Waals surface area contributed by atoms with Gasteiger partial charge >= 0.3 is 0 Å². The van der Waals surface area contributed by atoms with E-state index in [-0.39, 0.29) is 5.91 Å². The lowest BCUT2D eigenvalue weighted by atomic mass is 9.85. The molecule has 1 aliphatic carbocycles. The van der Waals surface area contributed by atoms with Crippen molar-refractivity contribution in [2.45, 2.75) is 31.7 Å². The van der Waals surface area contributed by atoms with Crippen molar-refractivity contribution in [1.29, 1.82) is 0 Å². The average Bonchev–Trinajstić information content (AvgIpc) is 2.88. The van der Waals surface area contributed by atoms with E-state index in [9.17, 15) is 4.79 Å². The minimum absolute atomic E-state index is 0.251. The van der Waals surface area contributed by atoms with Gasteiger partial charge in [0, 0.05) is 26.7 Å². The Morgan fingerprint density at radius 2 is 2.00 bits per heavy atom. The minimum Gasteiger partial charge on any atom is -0.358 e. The second-order valence-corrected chi connectivity index (χ2v) is 7.54. The highest BCUT2D eigenvalue weighted by atomic mass is 79.9. The maximum atomic E-state index is 11.7. The molecule has 1 saturated heterocycles. The molecule has 0 unspecified atom stereocenters. The maximum Gasteiger partial charge on any atom is 0.237 e. The zero-order valence-electron chi connectivity index (χ0n) is 13.8. The van der Waals surface area contributed by atoms with E-state index >= 15 is 0 Å². The van der Waals surface area contributed by atoms with Gasteiger partial charge in [0.25, 0.3) is 0 Å². The molecule has 0 atom stereocenters. The molecule has 1 amide bonds. The van der Waals surface area contributed by atoms with Gasteiger partial charge in [0.2, 0.25) is 5.91 Å². The Morgan fingerprint density at radius 3 is 2.57 bits per heavy atom. The Bertz CT molecular complexity index is 544. The number of carbonyl (C=O) groups is 1. The lowest BCUT2D eigenvalue weighted by Gasteiger charge is -2.35. The fraction of sp³-hybridized carbons (Fsp3) is 0.688. The monoisotopic (exact) mass is 381 g/mol. The van der Waals surface area contributed by atoms with Crippen LogP contribution in [0.1, 0.15) is 25.7 Å². The molecule has 7 heteroatoms. The fourth-order valence-electron chi connectivity index (χ4n) is 3.62. The number of carbonyl (C=O) groups excluding carboxylic acids is 1. The van der Waals surface area contributed by atoms with E-state index in [2.05, 4.69) is 42.7 Å². The second kappa shape index (κ2) is 7.13. The van der Waals surface area contributed by atoms with Gasteiger partial charge in [-0.2, -0.15) is 0 Å². The third-order valence-electron chi connectivity index (χ3n) is 5.02. The first kappa shape index (κ1) is 16.6. The summed E-state index contributed by atoms with van der Waals surface area (Å²) in [4.78, 5) is 26.7. The zero-order chi connectivity index (χ0) is 16.4. The van der Waals surface area contributed by atoms with Crippen molar-refractivity contribution in [3.63, 3.8) is 0 Å². The number of aromatic nitrogens is 2. The van der Waals surface area contributed by atoms with E-state index in [4.69, 9.17) is 0 Å². The largest absolute Gasteiger partial charge is 0.358 e. The number of likely N-dealkylation sites (N-methyl/N-ethyl adjacent to an activating group) is 1. The van der Waals surface area contributed by atoms with Crippen molar-refractivity contribution in [2.75, 3.05) is 38.8 Å². The molecule has 6 nitrogen and oxygen atoms in total. The zero-order valence-corrected chi connectivity index (χ0v) is 15.4. The molecule has 126 valence electrons. The standard InChI is InChI=1S/C16H24BrN5O/c1-20(15-8-18-14(17)7-19-15)9-12-3-5-13(6-4-12)22-10-16(23)21(2)11-22/h7-8,12-13H,3-6,9-11H2,1-2H3. The van der Waals surface area contributed by atoms with Gasteiger partial charge in [0.05, 0.1) is 25.6 Å². The molecule has 0 spiro atoms. The summed E-state index contributed by atoms with van der Waals surface area (Å²) in [6.07, 6.45) is 8.35. The highest BCUT2D eigenvalue weighted by Gasteiger charge is 2.32. The summed E-state index contributed by atoms with van der Waals surface area (Å²) < 4.78 is 0.764. The first-order valence-corrected chi connectivity index (χ1v) is 8.99. The molecule has 0 N–H and O–H groups in total. The SMILES string of the molecule is CN1CN(C2CCC(CN(C)c3cnc(Br)cn3)CC2)CC1=O. The first-order valence-electron chi connectivity index (χ1n) is 8.19. The Balaban J connectivity index is 1.47. The van der Waals surface area contributed by atoms with Crippen LogP contribution in [0.2, 0.25) is 0 Å². The van der Waals surface area contributed by atoms with Crippen molar-refractivity contribution in [1.82, 2.24) is 19.8 Å². The van der Waals surface area contributed by atoms with Crippen LogP contribution in [0.15, 0.2) is 17.0 Å². The predicted octanol–water partition coefficient (Wildman–Crippen LogP) is 1.97. The van der Waals surface area contributed by atoms with Crippen LogP contribution >= 0.6 is 15.9 Å². The van der Waals surface area contributed by atoms with Gasteiger partial charge in [-0.25, -0.2) is 9.97 Å². The molecular formula is C16H24BrN5O. The third-order valence-corrected chi connectivity index (χ3v) is 5.43. The molecule has 3 rings (SSSR count). The summed E-state index contributed by atoms with van der Waals surface area (Å²) in [6, 6.07) is 0.568. The third kappa shape index (κ3) is 4.01. The lowest BCUT2D eigenvalue weighted by molar-refractivity contribution is -0.125.